The van der Waals surface area contributed by atoms with Gasteiger partial charge in [0.25, 0.3) is 0 Å². The number of hydrogen-bond acceptors (Lipinski definition) is 2. The number of rotatable bonds is 4. The van der Waals surface area contributed by atoms with E-state index in [0.717, 1.165) is 24.1 Å². The van der Waals surface area contributed by atoms with Gasteiger partial charge in [0.15, 0.2) is 0 Å². The van der Waals surface area contributed by atoms with Gasteiger partial charge in [0.1, 0.15) is 5.75 Å². The molecule has 2 rings (SSSR count). The first-order chi connectivity index (χ1) is 8.76. The molecule has 0 saturated heterocycles. The number of hydrogen-bond donors (Lipinski definition) is 1. The molecule has 3 atom stereocenters. The van der Waals surface area contributed by atoms with Crippen LogP contribution in [0.2, 0.25) is 0 Å². The first-order valence-corrected chi connectivity index (χ1v) is 7.10. The molecule has 0 aromatic heterocycles. The van der Waals surface area contributed by atoms with Gasteiger partial charge in [-0.15, -0.1) is 0 Å². The Morgan fingerprint density at radius 3 is 2.44 bits per heavy atom. The Balaban J connectivity index is 2.15. The Labute approximate surface area is 111 Å². The van der Waals surface area contributed by atoms with Crippen LogP contribution in [0.1, 0.15) is 44.1 Å². The molecule has 0 heterocycles. The molecule has 18 heavy (non-hydrogen) atoms. The lowest BCUT2D eigenvalue weighted by Crippen LogP contribution is -2.28. The van der Waals surface area contributed by atoms with Crippen molar-refractivity contribution in [3.8, 4) is 5.75 Å². The summed E-state index contributed by atoms with van der Waals surface area (Å²) >= 11 is 0. The summed E-state index contributed by atoms with van der Waals surface area (Å²) < 4.78 is 5.22. The largest absolute Gasteiger partial charge is 0.497 e. The topological polar surface area (TPSA) is 35.2 Å². The summed E-state index contributed by atoms with van der Waals surface area (Å²) in [5, 5.41) is 0. The van der Waals surface area contributed by atoms with Crippen molar-refractivity contribution in [1.29, 1.82) is 0 Å². The van der Waals surface area contributed by atoms with Gasteiger partial charge in [-0.25, -0.2) is 0 Å². The third-order valence-electron chi connectivity index (χ3n) is 4.49. The number of benzene rings is 1. The predicted octanol–water partition coefficient (Wildman–Crippen LogP) is 3.56. The summed E-state index contributed by atoms with van der Waals surface area (Å²) in [5.41, 5.74) is 7.41. The fourth-order valence-electron chi connectivity index (χ4n) is 3.35. The van der Waals surface area contributed by atoms with E-state index in [1.165, 1.54) is 31.2 Å². The molecule has 1 fully saturated rings. The van der Waals surface area contributed by atoms with Crippen LogP contribution in [0.3, 0.4) is 0 Å². The summed E-state index contributed by atoms with van der Waals surface area (Å²) in [4.78, 5) is 0. The van der Waals surface area contributed by atoms with E-state index in [1.54, 1.807) is 7.11 Å². The summed E-state index contributed by atoms with van der Waals surface area (Å²) in [7, 11) is 1.71. The number of ether oxygens (including phenoxy) is 1. The lowest BCUT2D eigenvalue weighted by atomic mass is 9.71. The van der Waals surface area contributed by atoms with Crippen LogP contribution in [0.15, 0.2) is 24.3 Å². The highest BCUT2D eigenvalue weighted by Crippen LogP contribution is 2.39. The van der Waals surface area contributed by atoms with Crippen molar-refractivity contribution in [3.05, 3.63) is 29.8 Å². The average molecular weight is 247 g/mol. The Bertz CT molecular complexity index is 360. The second-order valence-corrected chi connectivity index (χ2v) is 5.54. The van der Waals surface area contributed by atoms with Gasteiger partial charge in [-0.05, 0) is 48.4 Å². The third kappa shape index (κ3) is 2.86. The monoisotopic (exact) mass is 247 g/mol. The molecular formula is C16H25NO. The van der Waals surface area contributed by atoms with Crippen LogP contribution in [-0.4, -0.2) is 13.7 Å². The van der Waals surface area contributed by atoms with Crippen LogP contribution >= 0.6 is 0 Å². The van der Waals surface area contributed by atoms with E-state index in [9.17, 15) is 0 Å². The maximum absolute atomic E-state index is 6.04. The second-order valence-electron chi connectivity index (χ2n) is 5.54. The quantitative estimate of drug-likeness (QED) is 0.883. The van der Waals surface area contributed by atoms with E-state index in [-0.39, 0.29) is 0 Å². The van der Waals surface area contributed by atoms with Gasteiger partial charge < -0.3 is 10.5 Å². The Morgan fingerprint density at radius 2 is 1.89 bits per heavy atom. The first-order valence-electron chi connectivity index (χ1n) is 7.10. The molecule has 0 radical (unpaired) electrons. The summed E-state index contributed by atoms with van der Waals surface area (Å²) in [6.07, 6.45) is 5.44. The summed E-state index contributed by atoms with van der Waals surface area (Å²) in [6, 6.07) is 8.45. The molecule has 1 aromatic carbocycles. The molecule has 0 amide bonds. The van der Waals surface area contributed by atoms with Crippen molar-refractivity contribution in [2.45, 2.75) is 38.5 Å². The lowest BCUT2D eigenvalue weighted by molar-refractivity contribution is 0.218. The molecule has 0 spiro atoms. The Morgan fingerprint density at radius 1 is 1.22 bits per heavy atom. The molecule has 2 heteroatoms. The fourth-order valence-corrected chi connectivity index (χ4v) is 3.35. The molecule has 3 unspecified atom stereocenters. The summed E-state index contributed by atoms with van der Waals surface area (Å²) in [6.45, 7) is 3.14. The molecule has 0 bridgehead atoms. The second kappa shape index (κ2) is 6.24. The van der Waals surface area contributed by atoms with Crippen molar-refractivity contribution in [1.82, 2.24) is 0 Å². The number of methoxy groups -OCH3 is 1. The van der Waals surface area contributed by atoms with Crippen molar-refractivity contribution in [2.24, 2.45) is 17.6 Å². The smallest absolute Gasteiger partial charge is 0.118 e. The van der Waals surface area contributed by atoms with E-state index in [4.69, 9.17) is 10.5 Å². The number of nitrogens with two attached hydrogens (primary N) is 1. The van der Waals surface area contributed by atoms with E-state index in [1.807, 2.05) is 12.1 Å². The highest BCUT2D eigenvalue weighted by atomic mass is 16.5. The molecule has 2 N–H and O–H groups in total. The van der Waals surface area contributed by atoms with Gasteiger partial charge in [-0.3, -0.25) is 0 Å². The molecule has 1 saturated carbocycles. The van der Waals surface area contributed by atoms with Gasteiger partial charge in [0.05, 0.1) is 7.11 Å². The zero-order valence-electron chi connectivity index (χ0n) is 11.6. The van der Waals surface area contributed by atoms with Crippen molar-refractivity contribution in [3.63, 3.8) is 0 Å². The zero-order valence-corrected chi connectivity index (χ0v) is 11.6. The minimum atomic E-state index is 0.506. The highest BCUT2D eigenvalue weighted by Gasteiger charge is 2.29. The molecule has 0 aliphatic heterocycles. The fraction of sp³-hybridized carbons (Fsp3) is 0.625. The van der Waals surface area contributed by atoms with E-state index in [0.29, 0.717) is 5.92 Å². The van der Waals surface area contributed by atoms with Gasteiger partial charge in [0, 0.05) is 0 Å². The molecular weight excluding hydrogens is 222 g/mol. The first kappa shape index (κ1) is 13.4. The maximum Gasteiger partial charge on any atom is 0.118 e. The highest BCUT2D eigenvalue weighted by molar-refractivity contribution is 5.30. The van der Waals surface area contributed by atoms with Crippen LogP contribution in [0.4, 0.5) is 0 Å². The van der Waals surface area contributed by atoms with Crippen LogP contribution in [0.5, 0.6) is 5.75 Å². The van der Waals surface area contributed by atoms with E-state index >= 15 is 0 Å². The molecule has 100 valence electrons. The standard InChI is InChI=1S/C16H25NO/c1-12-5-3-4-6-15(12)16(11-17)13-7-9-14(18-2)10-8-13/h7-10,12,15-16H,3-6,11,17H2,1-2H3. The van der Waals surface area contributed by atoms with Crippen LogP contribution in [-0.2, 0) is 0 Å². The molecule has 1 aliphatic rings. The summed E-state index contributed by atoms with van der Waals surface area (Å²) in [5.74, 6) is 2.98. The van der Waals surface area contributed by atoms with Gasteiger partial charge in [-0.2, -0.15) is 0 Å². The van der Waals surface area contributed by atoms with Crippen LogP contribution in [0.25, 0.3) is 0 Å². The minimum Gasteiger partial charge on any atom is -0.497 e. The van der Waals surface area contributed by atoms with Gasteiger partial charge in [0.2, 0.25) is 0 Å². The predicted molar refractivity (Wildman–Crippen MR) is 75.9 cm³/mol. The van der Waals surface area contributed by atoms with Crippen molar-refractivity contribution >= 4 is 0 Å². The Hall–Kier alpha value is -1.02. The minimum absolute atomic E-state index is 0.506. The van der Waals surface area contributed by atoms with Crippen LogP contribution < -0.4 is 10.5 Å². The Kier molecular flexibility index (Phi) is 4.65. The maximum atomic E-state index is 6.04. The van der Waals surface area contributed by atoms with Gasteiger partial charge in [-0.1, -0.05) is 38.3 Å². The van der Waals surface area contributed by atoms with Crippen molar-refractivity contribution in [2.75, 3.05) is 13.7 Å². The van der Waals surface area contributed by atoms with Crippen LogP contribution in [0, 0.1) is 11.8 Å². The third-order valence-corrected chi connectivity index (χ3v) is 4.49. The normalized spacial score (nSPS) is 25.7. The van der Waals surface area contributed by atoms with E-state index < -0.39 is 0 Å². The van der Waals surface area contributed by atoms with E-state index in [2.05, 4.69) is 19.1 Å². The molecule has 1 aliphatic carbocycles. The average Bonchev–Trinajstić information content (AvgIpc) is 2.42. The SMILES string of the molecule is COc1ccc(C(CN)C2CCCCC2C)cc1. The van der Waals surface area contributed by atoms with Crippen molar-refractivity contribution < 1.29 is 4.74 Å². The lowest BCUT2D eigenvalue weighted by Gasteiger charge is -2.35. The van der Waals surface area contributed by atoms with Gasteiger partial charge >= 0.3 is 0 Å². The molecule has 2 nitrogen and oxygen atoms in total. The molecule has 1 aromatic rings. The zero-order chi connectivity index (χ0) is 13.0.